The number of likely N-dealkylation sites (tertiary alicyclic amines) is 1. The number of aromatic carboxylic acids is 1. The molecular formula is C30H29F2N5O4S. The van der Waals surface area contributed by atoms with E-state index in [4.69, 9.17) is 19.7 Å². The number of hydrogen-bond acceptors (Lipinski definition) is 8. The van der Waals surface area contributed by atoms with Crippen LogP contribution < -0.4 is 4.74 Å². The van der Waals surface area contributed by atoms with Crippen LogP contribution >= 0.6 is 11.3 Å². The van der Waals surface area contributed by atoms with Crippen molar-refractivity contribution in [2.45, 2.75) is 57.9 Å². The molecule has 0 amide bonds. The number of nitriles is 1. The summed E-state index contributed by atoms with van der Waals surface area (Å²) in [5, 5.41) is 18.5. The Kier molecular flexibility index (Phi) is 7.90. The minimum Gasteiger partial charge on any atom is -0.477 e. The van der Waals surface area contributed by atoms with Gasteiger partial charge in [-0.25, -0.2) is 23.5 Å². The molecule has 1 unspecified atom stereocenters. The first kappa shape index (κ1) is 28.2. The van der Waals surface area contributed by atoms with E-state index in [-0.39, 0.29) is 35.6 Å². The molecule has 5 heterocycles. The monoisotopic (exact) mass is 593 g/mol. The number of carboxylic acid groups (broad SMARTS) is 1. The van der Waals surface area contributed by atoms with Crippen molar-refractivity contribution in [2.24, 2.45) is 0 Å². The van der Waals surface area contributed by atoms with E-state index in [0.29, 0.717) is 18.0 Å². The van der Waals surface area contributed by atoms with Crippen LogP contribution in [0, 0.1) is 29.9 Å². The van der Waals surface area contributed by atoms with E-state index in [9.17, 15) is 18.7 Å². The topological polar surface area (TPSA) is 113 Å². The lowest BCUT2D eigenvalue weighted by atomic mass is 9.93. The molecule has 1 N–H and O–H groups in total. The third-order valence-corrected chi connectivity index (χ3v) is 9.20. The third kappa shape index (κ3) is 5.60. The van der Waals surface area contributed by atoms with Gasteiger partial charge in [-0.15, -0.1) is 11.3 Å². The number of thiophene rings is 1. The maximum Gasteiger partial charge on any atom is 0.346 e. The molecule has 12 heteroatoms. The normalized spacial score (nSPS) is 17.7. The highest BCUT2D eigenvalue weighted by atomic mass is 32.1. The molecular weight excluding hydrogens is 564 g/mol. The number of fused-ring (bicyclic) bond motifs is 1. The highest BCUT2D eigenvalue weighted by Gasteiger charge is 2.28. The average molecular weight is 594 g/mol. The van der Waals surface area contributed by atoms with Gasteiger partial charge < -0.3 is 19.1 Å². The van der Waals surface area contributed by atoms with Crippen molar-refractivity contribution in [3.63, 3.8) is 0 Å². The number of benzene rings is 1. The Morgan fingerprint density at radius 2 is 1.98 bits per heavy atom. The van der Waals surface area contributed by atoms with Crippen LogP contribution in [0.4, 0.5) is 8.78 Å². The predicted molar refractivity (Wildman–Crippen MR) is 151 cm³/mol. The maximum absolute atomic E-state index is 14.5. The number of hydrogen-bond donors (Lipinski definition) is 1. The van der Waals surface area contributed by atoms with Crippen molar-refractivity contribution in [3.8, 4) is 11.9 Å². The van der Waals surface area contributed by atoms with Gasteiger partial charge in [0.25, 0.3) is 5.88 Å². The SMILES string of the molecule is Cc1c(C(=O)O)sc2nc(CN3CCC(c4ccc(F)c(OCc5ccc(C#N)cc5F)n4)CC3)n(CC3CCO3)c12. The molecule has 6 rings (SSSR count). The van der Waals surface area contributed by atoms with E-state index in [1.54, 1.807) is 6.07 Å². The van der Waals surface area contributed by atoms with Gasteiger partial charge in [0.05, 0.1) is 36.3 Å². The number of piperidine rings is 1. The molecule has 0 spiro atoms. The highest BCUT2D eigenvalue weighted by Crippen LogP contribution is 2.34. The van der Waals surface area contributed by atoms with Crippen molar-refractivity contribution >= 4 is 27.7 Å². The number of carbonyl (C=O) groups is 1. The molecule has 42 heavy (non-hydrogen) atoms. The summed E-state index contributed by atoms with van der Waals surface area (Å²) in [5.74, 6) is -1.30. The summed E-state index contributed by atoms with van der Waals surface area (Å²) in [6, 6.07) is 8.95. The summed E-state index contributed by atoms with van der Waals surface area (Å²) in [5.41, 5.74) is 2.76. The first-order valence-electron chi connectivity index (χ1n) is 13.8. The molecule has 0 saturated carbocycles. The number of aryl methyl sites for hydroxylation is 1. The number of rotatable bonds is 9. The van der Waals surface area contributed by atoms with Crippen LogP contribution in [0.25, 0.3) is 10.3 Å². The molecule has 4 aromatic rings. The Morgan fingerprint density at radius 3 is 2.64 bits per heavy atom. The number of pyridine rings is 1. The molecule has 2 aliphatic rings. The summed E-state index contributed by atoms with van der Waals surface area (Å²) in [4.78, 5) is 24.4. The minimum absolute atomic E-state index is 0.105. The number of halogens is 2. The Hall–Kier alpha value is -3.92. The van der Waals surface area contributed by atoms with E-state index in [2.05, 4.69) is 14.5 Å². The quantitative estimate of drug-likeness (QED) is 0.275. The number of imidazole rings is 1. The molecule has 0 radical (unpaired) electrons. The van der Waals surface area contributed by atoms with Crippen LogP contribution in [-0.2, 0) is 24.4 Å². The molecule has 1 atom stereocenters. The van der Waals surface area contributed by atoms with Gasteiger partial charge in [0.15, 0.2) is 5.82 Å². The van der Waals surface area contributed by atoms with Gasteiger partial charge in [0.2, 0.25) is 0 Å². The number of nitrogens with zero attached hydrogens (tertiary/aromatic N) is 5. The van der Waals surface area contributed by atoms with Crippen molar-refractivity contribution in [1.29, 1.82) is 5.26 Å². The zero-order valence-electron chi connectivity index (χ0n) is 23.0. The largest absolute Gasteiger partial charge is 0.477 e. The fourth-order valence-electron chi connectivity index (χ4n) is 5.58. The number of aromatic nitrogens is 3. The smallest absolute Gasteiger partial charge is 0.346 e. The molecule has 0 aliphatic carbocycles. The van der Waals surface area contributed by atoms with Crippen LogP contribution in [0.3, 0.4) is 0 Å². The standard InChI is InChI=1S/C30H29F2N5O4S/c1-17-26-29(42-27(17)30(38)39)35-25(37(26)14-21-8-11-40-21)15-36-9-6-19(7-10-36)24-5-4-22(31)28(34-24)41-16-20-3-2-18(13-33)12-23(20)32/h2-5,12,19,21H,6-11,14-16H2,1H3,(H,38,39). The second kappa shape index (κ2) is 11.8. The first-order valence-corrected chi connectivity index (χ1v) is 14.7. The van der Waals surface area contributed by atoms with Gasteiger partial charge >= 0.3 is 5.97 Å². The van der Waals surface area contributed by atoms with E-state index < -0.39 is 17.6 Å². The number of carboxylic acids is 1. The molecule has 9 nitrogen and oxygen atoms in total. The lowest BCUT2D eigenvalue weighted by Crippen LogP contribution is -2.35. The fourth-order valence-corrected chi connectivity index (χ4v) is 6.62. The number of ether oxygens (including phenoxy) is 2. The fraction of sp³-hybridized carbons (Fsp3) is 0.400. The van der Waals surface area contributed by atoms with Gasteiger partial charge in [-0.05, 0) is 63.5 Å². The Bertz CT molecular complexity index is 1690. The van der Waals surface area contributed by atoms with Gasteiger partial charge in [-0.1, -0.05) is 6.07 Å². The Morgan fingerprint density at radius 1 is 1.19 bits per heavy atom. The minimum atomic E-state index is -0.935. The van der Waals surface area contributed by atoms with Crippen LogP contribution in [0.2, 0.25) is 0 Å². The lowest BCUT2D eigenvalue weighted by molar-refractivity contribution is -0.0592. The zero-order valence-corrected chi connectivity index (χ0v) is 23.8. The molecule has 2 fully saturated rings. The molecule has 2 aliphatic heterocycles. The van der Waals surface area contributed by atoms with Crippen molar-refractivity contribution in [3.05, 3.63) is 75.1 Å². The van der Waals surface area contributed by atoms with Crippen LogP contribution in [-0.4, -0.2) is 56.3 Å². The molecule has 0 bridgehead atoms. The van der Waals surface area contributed by atoms with Gasteiger partial charge in [-0.2, -0.15) is 5.26 Å². The van der Waals surface area contributed by atoms with Gasteiger partial charge in [0.1, 0.15) is 28.0 Å². The van der Waals surface area contributed by atoms with Crippen LogP contribution in [0.1, 0.15) is 63.1 Å². The van der Waals surface area contributed by atoms with Crippen molar-refractivity contribution < 1.29 is 28.2 Å². The second-order valence-corrected chi connectivity index (χ2v) is 11.7. The van der Waals surface area contributed by atoms with Crippen LogP contribution in [0.5, 0.6) is 5.88 Å². The molecule has 1 aromatic carbocycles. The lowest BCUT2D eigenvalue weighted by Gasteiger charge is -2.32. The molecule has 3 aromatic heterocycles. The van der Waals surface area contributed by atoms with E-state index in [1.165, 1.54) is 29.5 Å². The summed E-state index contributed by atoms with van der Waals surface area (Å²) in [6.45, 7) is 5.23. The summed E-state index contributed by atoms with van der Waals surface area (Å²) in [7, 11) is 0. The van der Waals surface area contributed by atoms with E-state index >= 15 is 0 Å². The third-order valence-electron chi connectivity index (χ3n) is 8.04. The Balaban J connectivity index is 1.12. The van der Waals surface area contributed by atoms with Crippen LogP contribution in [0.15, 0.2) is 30.3 Å². The predicted octanol–water partition coefficient (Wildman–Crippen LogP) is 5.40. The second-order valence-electron chi connectivity index (χ2n) is 10.7. The first-order chi connectivity index (χ1) is 20.3. The molecule has 218 valence electrons. The summed E-state index contributed by atoms with van der Waals surface area (Å²) >= 11 is 1.21. The zero-order chi connectivity index (χ0) is 29.4. The van der Waals surface area contributed by atoms with E-state index in [1.807, 2.05) is 13.0 Å². The maximum atomic E-state index is 14.5. The summed E-state index contributed by atoms with van der Waals surface area (Å²) in [6.07, 6.45) is 2.70. The summed E-state index contributed by atoms with van der Waals surface area (Å²) < 4.78 is 42.1. The highest BCUT2D eigenvalue weighted by molar-refractivity contribution is 7.20. The van der Waals surface area contributed by atoms with Gasteiger partial charge in [0, 0.05) is 29.3 Å². The Labute approximate surface area is 244 Å². The molecule has 2 saturated heterocycles. The van der Waals surface area contributed by atoms with Gasteiger partial charge in [-0.3, -0.25) is 4.90 Å². The van der Waals surface area contributed by atoms with Crippen molar-refractivity contribution in [2.75, 3.05) is 19.7 Å². The van der Waals surface area contributed by atoms with E-state index in [0.717, 1.165) is 72.5 Å². The average Bonchev–Trinajstić information content (AvgIpc) is 3.46. The van der Waals surface area contributed by atoms with Crippen molar-refractivity contribution in [1.82, 2.24) is 19.4 Å².